The zero-order valence-corrected chi connectivity index (χ0v) is 16.1. The average molecular weight is 378 g/mol. The molecule has 0 fully saturated rings. The topological polar surface area (TPSA) is 67.8 Å². The van der Waals surface area contributed by atoms with Gasteiger partial charge in [0.1, 0.15) is 5.75 Å². The average Bonchev–Trinajstić information content (AvgIpc) is 2.63. The fourth-order valence-corrected chi connectivity index (χ4v) is 2.85. The molecular formula is C20H24ClNO4. The molecule has 0 aliphatic carbocycles. The minimum atomic E-state index is -0.289. The van der Waals surface area contributed by atoms with Crippen LogP contribution in [-0.4, -0.2) is 24.7 Å². The van der Waals surface area contributed by atoms with Crippen LogP contribution in [0.25, 0.3) is 0 Å². The number of carbonyl (C=O) groups is 1. The van der Waals surface area contributed by atoms with Gasteiger partial charge in [-0.15, -0.1) is 0 Å². The number of nitrogens with one attached hydrogen (secondary N) is 1. The van der Waals surface area contributed by atoms with Gasteiger partial charge in [-0.05, 0) is 42.7 Å². The molecule has 1 unspecified atom stereocenters. The molecule has 0 saturated carbocycles. The lowest BCUT2D eigenvalue weighted by atomic mass is 9.95. The molecule has 0 aliphatic heterocycles. The Morgan fingerprint density at radius 2 is 1.88 bits per heavy atom. The van der Waals surface area contributed by atoms with Crippen LogP contribution in [0.2, 0.25) is 5.02 Å². The van der Waals surface area contributed by atoms with Gasteiger partial charge in [-0.25, -0.2) is 0 Å². The summed E-state index contributed by atoms with van der Waals surface area (Å²) in [7, 11) is 1.61. The molecule has 6 heteroatoms. The van der Waals surface area contributed by atoms with Crippen LogP contribution in [0.1, 0.15) is 42.7 Å². The van der Waals surface area contributed by atoms with E-state index in [1.807, 2.05) is 38.1 Å². The van der Waals surface area contributed by atoms with Gasteiger partial charge in [-0.3, -0.25) is 4.79 Å². The molecule has 0 heterocycles. The van der Waals surface area contributed by atoms with E-state index < -0.39 is 0 Å². The minimum Gasteiger partial charge on any atom is -0.503 e. The Bertz CT molecular complexity index is 759. The molecule has 0 radical (unpaired) electrons. The highest BCUT2D eigenvalue weighted by Crippen LogP contribution is 2.35. The molecule has 0 aromatic heterocycles. The second-order valence-electron chi connectivity index (χ2n) is 6.21. The highest BCUT2D eigenvalue weighted by Gasteiger charge is 2.21. The Hall–Kier alpha value is -2.40. The van der Waals surface area contributed by atoms with Crippen molar-refractivity contribution in [1.29, 1.82) is 0 Å². The third-order valence-corrected chi connectivity index (χ3v) is 4.31. The van der Waals surface area contributed by atoms with E-state index in [1.165, 1.54) is 12.1 Å². The molecule has 5 nitrogen and oxygen atoms in total. The molecule has 1 atom stereocenters. The van der Waals surface area contributed by atoms with E-state index in [4.69, 9.17) is 21.1 Å². The molecule has 2 aromatic carbocycles. The van der Waals surface area contributed by atoms with Crippen LogP contribution in [0.4, 0.5) is 0 Å². The van der Waals surface area contributed by atoms with Crippen LogP contribution in [0.15, 0.2) is 36.4 Å². The zero-order valence-electron chi connectivity index (χ0n) is 15.4. The van der Waals surface area contributed by atoms with Gasteiger partial charge < -0.3 is 19.9 Å². The number of phenols is 1. The molecule has 26 heavy (non-hydrogen) atoms. The third kappa shape index (κ3) is 4.61. The number of ether oxygens (including phenoxy) is 2. The van der Waals surface area contributed by atoms with E-state index in [-0.39, 0.29) is 34.4 Å². The second kappa shape index (κ2) is 8.81. The van der Waals surface area contributed by atoms with Crippen molar-refractivity contribution in [1.82, 2.24) is 5.32 Å². The van der Waals surface area contributed by atoms with Crippen molar-refractivity contribution in [3.05, 3.63) is 52.5 Å². The smallest absolute Gasteiger partial charge is 0.251 e. The first-order chi connectivity index (χ1) is 12.4. The van der Waals surface area contributed by atoms with Gasteiger partial charge in [0.25, 0.3) is 5.91 Å². The van der Waals surface area contributed by atoms with Crippen molar-refractivity contribution in [2.45, 2.75) is 26.8 Å². The van der Waals surface area contributed by atoms with Gasteiger partial charge in [-0.2, -0.15) is 0 Å². The summed E-state index contributed by atoms with van der Waals surface area (Å²) >= 11 is 6.02. The summed E-state index contributed by atoms with van der Waals surface area (Å²) in [5.41, 5.74) is 1.31. The first-order valence-corrected chi connectivity index (χ1v) is 8.85. The summed E-state index contributed by atoms with van der Waals surface area (Å²) in [5, 5.41) is 13.0. The van der Waals surface area contributed by atoms with E-state index in [0.717, 1.165) is 11.3 Å². The first-order valence-electron chi connectivity index (χ1n) is 8.47. The van der Waals surface area contributed by atoms with Crippen LogP contribution in [-0.2, 0) is 0 Å². The molecule has 0 saturated heterocycles. The monoisotopic (exact) mass is 377 g/mol. The van der Waals surface area contributed by atoms with Crippen LogP contribution in [0, 0.1) is 5.92 Å². The number of methoxy groups -OCH3 is 1. The van der Waals surface area contributed by atoms with E-state index in [2.05, 4.69) is 5.32 Å². The Morgan fingerprint density at radius 1 is 1.23 bits per heavy atom. The first kappa shape index (κ1) is 19.9. The Labute approximate surface area is 158 Å². The lowest BCUT2D eigenvalue weighted by molar-refractivity contribution is 0.0925. The molecule has 0 aliphatic rings. The van der Waals surface area contributed by atoms with Gasteiger partial charge >= 0.3 is 0 Å². The Kier molecular flexibility index (Phi) is 6.75. The molecule has 1 amide bonds. The number of rotatable bonds is 7. The third-order valence-electron chi connectivity index (χ3n) is 4.02. The molecule has 0 spiro atoms. The predicted molar refractivity (Wildman–Crippen MR) is 102 cm³/mol. The summed E-state index contributed by atoms with van der Waals surface area (Å²) in [6.45, 7) is 6.21. The zero-order chi connectivity index (χ0) is 19.3. The fourth-order valence-electron chi connectivity index (χ4n) is 2.64. The Balaban J connectivity index is 2.27. The van der Waals surface area contributed by atoms with E-state index in [9.17, 15) is 9.90 Å². The van der Waals surface area contributed by atoms with Crippen molar-refractivity contribution in [2.24, 2.45) is 5.92 Å². The number of hydrogen-bond donors (Lipinski definition) is 2. The normalized spacial score (nSPS) is 11.9. The summed E-state index contributed by atoms with van der Waals surface area (Å²) in [4.78, 5) is 12.7. The van der Waals surface area contributed by atoms with Gasteiger partial charge in [0, 0.05) is 5.56 Å². The molecule has 2 N–H and O–H groups in total. The van der Waals surface area contributed by atoms with Crippen molar-refractivity contribution < 1.29 is 19.4 Å². The van der Waals surface area contributed by atoms with Crippen molar-refractivity contribution >= 4 is 17.5 Å². The molecule has 2 rings (SSSR count). The standard InChI is InChI=1S/C20H24ClNO4/c1-5-26-17-11-14(10-16(21)19(17)23)20(24)22-18(12(2)3)13-6-8-15(25-4)9-7-13/h6-12,18,23H,5H2,1-4H3,(H,22,24). The Morgan fingerprint density at radius 3 is 2.42 bits per heavy atom. The number of halogens is 1. The number of hydrogen-bond acceptors (Lipinski definition) is 4. The second-order valence-corrected chi connectivity index (χ2v) is 6.61. The fraction of sp³-hybridized carbons (Fsp3) is 0.350. The summed E-state index contributed by atoms with van der Waals surface area (Å²) in [6.07, 6.45) is 0. The molecular weight excluding hydrogens is 354 g/mol. The summed E-state index contributed by atoms with van der Waals surface area (Å²) in [6, 6.07) is 10.3. The van der Waals surface area contributed by atoms with E-state index in [0.29, 0.717) is 12.2 Å². The minimum absolute atomic E-state index is 0.0756. The number of amides is 1. The maximum Gasteiger partial charge on any atom is 0.251 e. The van der Waals surface area contributed by atoms with Crippen molar-refractivity contribution in [3.63, 3.8) is 0 Å². The largest absolute Gasteiger partial charge is 0.503 e. The van der Waals surface area contributed by atoms with Gasteiger partial charge in [0.2, 0.25) is 0 Å². The van der Waals surface area contributed by atoms with Crippen LogP contribution >= 0.6 is 11.6 Å². The lowest BCUT2D eigenvalue weighted by Crippen LogP contribution is -2.31. The SMILES string of the molecule is CCOc1cc(C(=O)NC(c2ccc(OC)cc2)C(C)C)cc(Cl)c1O. The highest BCUT2D eigenvalue weighted by atomic mass is 35.5. The number of carbonyl (C=O) groups excluding carboxylic acids is 1. The molecule has 2 aromatic rings. The van der Waals surface area contributed by atoms with Gasteiger partial charge in [0.15, 0.2) is 11.5 Å². The quantitative estimate of drug-likeness (QED) is 0.741. The van der Waals surface area contributed by atoms with Gasteiger partial charge in [-0.1, -0.05) is 37.6 Å². The highest BCUT2D eigenvalue weighted by molar-refractivity contribution is 6.32. The number of aromatic hydroxyl groups is 1. The summed E-state index contributed by atoms with van der Waals surface area (Å²) in [5.74, 6) is 0.666. The maximum absolute atomic E-state index is 12.7. The predicted octanol–water partition coefficient (Wildman–Crippen LogP) is 4.58. The van der Waals surface area contributed by atoms with Crippen molar-refractivity contribution in [2.75, 3.05) is 13.7 Å². The molecule has 140 valence electrons. The van der Waals surface area contributed by atoms with E-state index >= 15 is 0 Å². The van der Waals surface area contributed by atoms with Crippen molar-refractivity contribution in [3.8, 4) is 17.2 Å². The summed E-state index contributed by atoms with van der Waals surface area (Å²) < 4.78 is 10.5. The van der Waals surface area contributed by atoms with Crippen LogP contribution in [0.5, 0.6) is 17.2 Å². The van der Waals surface area contributed by atoms with Crippen LogP contribution < -0.4 is 14.8 Å². The number of phenolic OH excluding ortho intramolecular Hbond substituents is 1. The maximum atomic E-state index is 12.7. The van der Waals surface area contributed by atoms with Gasteiger partial charge in [0.05, 0.1) is 24.8 Å². The van der Waals surface area contributed by atoms with Crippen LogP contribution in [0.3, 0.4) is 0 Å². The van der Waals surface area contributed by atoms with E-state index in [1.54, 1.807) is 14.0 Å². The number of benzene rings is 2. The lowest BCUT2D eigenvalue weighted by Gasteiger charge is -2.23. The molecule has 0 bridgehead atoms.